The first-order valence-electron chi connectivity index (χ1n) is 7.47. The molecule has 0 unspecified atom stereocenters. The van der Waals surface area contributed by atoms with Gasteiger partial charge >= 0.3 is 0 Å². The monoisotopic (exact) mass is 251 g/mol. The van der Waals surface area contributed by atoms with Crippen molar-refractivity contribution in [1.82, 2.24) is 4.57 Å². The van der Waals surface area contributed by atoms with E-state index in [-0.39, 0.29) is 0 Å². The van der Waals surface area contributed by atoms with Crippen molar-refractivity contribution in [3.05, 3.63) is 61.1 Å². The molecule has 19 heavy (non-hydrogen) atoms. The van der Waals surface area contributed by atoms with Crippen molar-refractivity contribution in [2.24, 2.45) is 6.98 Å². The minimum absolute atomic E-state index is 0.604. The van der Waals surface area contributed by atoms with Gasteiger partial charge in [-0.1, -0.05) is 42.5 Å². The van der Waals surface area contributed by atoms with E-state index in [1.807, 2.05) is 42.5 Å². The number of hydrogen-bond donors (Lipinski definition) is 0. The fourth-order valence-corrected chi connectivity index (χ4v) is 2.37. The highest BCUT2D eigenvalue weighted by Gasteiger charge is 2.11. The van der Waals surface area contributed by atoms with Gasteiger partial charge in [-0.2, -0.15) is 0 Å². The van der Waals surface area contributed by atoms with Crippen molar-refractivity contribution in [1.29, 1.82) is 0 Å². The number of benzene rings is 2. The van der Waals surface area contributed by atoms with Gasteiger partial charge < -0.3 is 13.6 Å². The maximum absolute atomic E-state index is 7.68. The van der Waals surface area contributed by atoms with Crippen LogP contribution in [-0.4, -0.2) is 4.57 Å². The fourth-order valence-electron chi connectivity index (χ4n) is 2.37. The maximum Gasteiger partial charge on any atom is 0.244 e. The predicted molar refractivity (Wildman–Crippen MR) is 73.1 cm³/mol. The highest BCUT2D eigenvalue weighted by Crippen LogP contribution is 2.26. The van der Waals surface area contributed by atoms with Gasteiger partial charge in [0.1, 0.15) is 5.58 Å². The summed E-state index contributed by atoms with van der Waals surface area (Å²) < 4.78 is 31.5. The predicted octanol–water partition coefficient (Wildman–Crippen LogP) is 3.00. The molecule has 0 amide bonds. The maximum atomic E-state index is 7.68. The van der Waals surface area contributed by atoms with E-state index in [9.17, 15) is 0 Å². The molecule has 0 atom stereocenters. The molecule has 3 heteroatoms. The summed E-state index contributed by atoms with van der Waals surface area (Å²) in [5, 5.41) is 0.914. The second-order valence-corrected chi connectivity index (χ2v) is 4.38. The zero-order valence-electron chi connectivity index (χ0n) is 13.0. The average molecular weight is 251 g/mol. The highest BCUT2D eigenvalue weighted by atomic mass is 16.3. The fraction of sp³-hybridized carbons (Fsp3) is 0.0625. The average Bonchev–Trinajstić information content (AvgIpc) is 3.07. The third-order valence-corrected chi connectivity index (χ3v) is 3.26. The number of hydrogen-bond acceptors (Lipinski definition) is 1. The molecule has 0 aliphatic heterocycles. The van der Waals surface area contributed by atoms with Crippen molar-refractivity contribution in [2.75, 3.05) is 0 Å². The summed E-state index contributed by atoms with van der Waals surface area (Å²) in [4.78, 5) is 0. The van der Waals surface area contributed by atoms with Gasteiger partial charge in [0.25, 0.3) is 0 Å². The molecule has 2 aromatic heterocycles. The molecule has 3 nitrogen and oxygen atoms in total. The van der Waals surface area contributed by atoms with Gasteiger partial charge in [0.05, 0.1) is 34.1 Å². The van der Waals surface area contributed by atoms with Crippen LogP contribution in [0.2, 0.25) is 0 Å². The van der Waals surface area contributed by atoms with Crippen LogP contribution in [0.4, 0.5) is 0 Å². The lowest BCUT2D eigenvalue weighted by atomic mass is 10.2. The molecule has 0 fully saturated rings. The summed E-state index contributed by atoms with van der Waals surface area (Å²) in [5.41, 5.74) is 2.90. The van der Waals surface area contributed by atoms with Crippen LogP contribution in [0.15, 0.2) is 59.2 Å². The van der Waals surface area contributed by atoms with Crippen molar-refractivity contribution in [3.63, 3.8) is 0 Å². The van der Waals surface area contributed by atoms with Crippen molar-refractivity contribution in [3.8, 4) is 5.69 Å². The number of imidazole rings is 1. The SMILES string of the molecule is [2H]C([2H])([2H])[n+]1[c-]n(-c2coc3ccccc23)c2ccccc21. The van der Waals surface area contributed by atoms with Crippen LogP contribution in [0.3, 0.4) is 0 Å². The Kier molecular flexibility index (Phi) is 1.53. The van der Waals surface area contributed by atoms with Crippen molar-refractivity contribution in [2.45, 2.75) is 0 Å². The molecule has 0 N–H and O–H groups in total. The Morgan fingerprint density at radius 3 is 2.95 bits per heavy atom. The first-order valence-corrected chi connectivity index (χ1v) is 5.97. The van der Waals surface area contributed by atoms with Crippen LogP contribution < -0.4 is 4.57 Å². The number of para-hydroxylation sites is 3. The number of nitrogens with zero attached hydrogens (tertiary/aromatic N) is 2. The van der Waals surface area contributed by atoms with Crippen LogP contribution in [-0.2, 0) is 6.98 Å². The van der Waals surface area contributed by atoms with E-state index < -0.39 is 6.98 Å². The summed E-state index contributed by atoms with van der Waals surface area (Å²) in [6.45, 7) is -2.29. The Balaban J connectivity index is 2.08. The molecule has 0 bridgehead atoms. The first kappa shape index (κ1) is 7.79. The van der Waals surface area contributed by atoms with Crippen LogP contribution in [0.25, 0.3) is 27.7 Å². The molecule has 4 rings (SSSR count). The molecule has 0 saturated carbocycles. The van der Waals surface area contributed by atoms with Gasteiger partial charge in [0.2, 0.25) is 6.33 Å². The van der Waals surface area contributed by atoms with Gasteiger partial charge in [0, 0.05) is 5.39 Å². The summed E-state index contributed by atoms with van der Waals surface area (Å²) in [6.07, 6.45) is 4.56. The lowest BCUT2D eigenvalue weighted by Gasteiger charge is -2.01. The number of fused-ring (bicyclic) bond motifs is 2. The van der Waals surface area contributed by atoms with Crippen LogP contribution in [0, 0.1) is 6.33 Å². The van der Waals surface area contributed by atoms with E-state index in [2.05, 4.69) is 6.33 Å². The Hall–Kier alpha value is -2.55. The molecule has 4 aromatic rings. The molecule has 0 saturated heterocycles. The molecular formula is C16H12N2O. The number of furan rings is 1. The molecule has 0 aliphatic carbocycles. The van der Waals surface area contributed by atoms with Gasteiger partial charge in [-0.25, -0.2) is 0 Å². The van der Waals surface area contributed by atoms with Crippen LogP contribution in [0.5, 0.6) is 0 Å². The largest absolute Gasteiger partial charge is 0.470 e. The van der Waals surface area contributed by atoms with E-state index in [1.54, 1.807) is 16.9 Å². The third-order valence-electron chi connectivity index (χ3n) is 3.26. The summed E-state index contributed by atoms with van der Waals surface area (Å²) in [6, 6.07) is 15.0. The van der Waals surface area contributed by atoms with E-state index in [0.717, 1.165) is 22.2 Å². The lowest BCUT2D eigenvalue weighted by Crippen LogP contribution is -2.26. The second-order valence-electron chi connectivity index (χ2n) is 4.38. The zero-order valence-corrected chi connectivity index (χ0v) is 10.00. The zero-order chi connectivity index (χ0) is 15.3. The molecular weight excluding hydrogens is 236 g/mol. The van der Waals surface area contributed by atoms with Crippen molar-refractivity contribution < 1.29 is 13.1 Å². The minimum atomic E-state index is -2.29. The smallest absolute Gasteiger partial charge is 0.244 e. The van der Waals surface area contributed by atoms with Gasteiger partial charge in [-0.3, -0.25) is 0 Å². The summed E-state index contributed by atoms with van der Waals surface area (Å²) in [7, 11) is 0. The molecule has 92 valence electrons. The Bertz CT molecular complexity index is 982. The Morgan fingerprint density at radius 1 is 1.16 bits per heavy atom. The summed E-state index contributed by atoms with van der Waals surface area (Å²) in [5.74, 6) is 0. The standard InChI is InChI=1S/C16H12N2O/c1-17-11-18(14-8-4-3-7-13(14)17)15-10-19-16-9-5-2-6-12(15)16/h2-10H,1H3/i1D3. The molecule has 0 radical (unpaired) electrons. The van der Waals surface area contributed by atoms with Crippen LogP contribution in [0.1, 0.15) is 4.11 Å². The van der Waals surface area contributed by atoms with E-state index in [0.29, 0.717) is 5.52 Å². The molecule has 2 heterocycles. The third kappa shape index (κ3) is 1.41. The number of aromatic nitrogens is 2. The van der Waals surface area contributed by atoms with E-state index in [4.69, 9.17) is 8.53 Å². The second kappa shape index (κ2) is 3.72. The Labute approximate surface area is 114 Å². The minimum Gasteiger partial charge on any atom is -0.470 e. The van der Waals surface area contributed by atoms with Crippen LogP contribution >= 0.6 is 0 Å². The Morgan fingerprint density at radius 2 is 2.00 bits per heavy atom. The number of aryl methyl sites for hydroxylation is 1. The van der Waals surface area contributed by atoms with E-state index >= 15 is 0 Å². The summed E-state index contributed by atoms with van der Waals surface area (Å²) >= 11 is 0. The molecule has 2 aromatic carbocycles. The van der Waals surface area contributed by atoms with E-state index in [1.165, 1.54) is 4.57 Å². The quantitative estimate of drug-likeness (QED) is 0.376. The van der Waals surface area contributed by atoms with Gasteiger partial charge in [-0.15, -0.1) is 0 Å². The first-order chi connectivity index (χ1) is 10.6. The number of rotatable bonds is 1. The van der Waals surface area contributed by atoms with Gasteiger partial charge in [-0.05, 0) is 6.07 Å². The molecule has 0 aliphatic rings. The lowest BCUT2D eigenvalue weighted by molar-refractivity contribution is -0.649. The molecule has 0 spiro atoms. The highest BCUT2D eigenvalue weighted by molar-refractivity contribution is 5.88. The normalized spacial score (nSPS) is 14.4. The van der Waals surface area contributed by atoms with Crippen molar-refractivity contribution >= 4 is 22.0 Å². The topological polar surface area (TPSA) is 21.9 Å². The van der Waals surface area contributed by atoms with Gasteiger partial charge in [0.15, 0.2) is 0 Å².